The molecule has 11 heteroatoms. The lowest BCUT2D eigenvalue weighted by Gasteiger charge is -2.25. The van der Waals surface area contributed by atoms with Gasteiger partial charge in [0, 0.05) is 33.1 Å². The molecule has 0 aromatic heterocycles. The van der Waals surface area contributed by atoms with Crippen molar-refractivity contribution in [2.45, 2.75) is 51.5 Å². The second kappa shape index (κ2) is 17.9. The van der Waals surface area contributed by atoms with Crippen molar-refractivity contribution in [2.75, 3.05) is 60.1 Å². The lowest BCUT2D eigenvalue weighted by molar-refractivity contribution is -0.135. The van der Waals surface area contributed by atoms with E-state index >= 15 is 0 Å². The highest BCUT2D eigenvalue weighted by Gasteiger charge is 2.20. The molecule has 43 heavy (non-hydrogen) atoms. The topological polar surface area (TPSA) is 109 Å². The van der Waals surface area contributed by atoms with E-state index in [9.17, 15) is 18.8 Å². The van der Waals surface area contributed by atoms with Crippen molar-refractivity contribution in [3.05, 3.63) is 53.8 Å². The van der Waals surface area contributed by atoms with Crippen LogP contribution in [-0.2, 0) is 20.8 Å². The molecular formula is C32H45FN4O6. The number of ether oxygens (including phenoxy) is 3. The number of methoxy groups -OCH3 is 1. The van der Waals surface area contributed by atoms with Crippen LogP contribution < -0.4 is 24.8 Å². The normalized spacial score (nSPS) is 18.8. The molecule has 0 aliphatic carbocycles. The van der Waals surface area contributed by atoms with Crippen LogP contribution in [0.25, 0.3) is 0 Å². The number of hydrogen-bond acceptors (Lipinski definition) is 7. The minimum Gasteiger partial charge on any atom is -0.494 e. The standard InChI is InChI=1S/C32H45FN4O6/c1-24-32(40)36(2)17-4-5-18-37(20-7-21-42-27-12-10-26(33)11-13-27)19-6-16-34-30(38)15-9-25-8-14-28(41-3)29(22-25)43-23-31(39)35-24/h8,10-14,22,24H,4-7,9,15-21,23H2,1-3H3,(H,34,38)(H,35,39)/t24-/m0/s1. The number of fused-ring (bicyclic) bond motifs is 2. The molecule has 0 saturated heterocycles. The number of likely N-dealkylation sites (N-methyl/N-ethyl adjacent to an activating group) is 1. The Morgan fingerprint density at radius 2 is 1.72 bits per heavy atom. The molecule has 236 valence electrons. The summed E-state index contributed by atoms with van der Waals surface area (Å²) in [6, 6.07) is 10.7. The largest absolute Gasteiger partial charge is 0.494 e. The molecular weight excluding hydrogens is 555 g/mol. The molecule has 0 unspecified atom stereocenters. The van der Waals surface area contributed by atoms with Gasteiger partial charge >= 0.3 is 0 Å². The SMILES string of the molecule is COc1ccc2cc1OCC(=O)N[C@@H](C)C(=O)N(C)CCCCN(CCCOc1ccc(F)cc1)CCCNC(=O)CC2. The lowest BCUT2D eigenvalue weighted by Crippen LogP contribution is -2.47. The third kappa shape index (κ3) is 12.1. The number of hydrogen-bond donors (Lipinski definition) is 2. The molecule has 0 radical (unpaired) electrons. The maximum absolute atomic E-state index is 13.1. The van der Waals surface area contributed by atoms with E-state index in [1.807, 2.05) is 6.07 Å². The Kier molecular flexibility index (Phi) is 14.0. The minimum absolute atomic E-state index is 0.0271. The predicted octanol–water partition coefficient (Wildman–Crippen LogP) is 3.18. The van der Waals surface area contributed by atoms with Gasteiger partial charge in [0.05, 0.1) is 13.7 Å². The van der Waals surface area contributed by atoms with E-state index in [0.29, 0.717) is 49.8 Å². The summed E-state index contributed by atoms with van der Waals surface area (Å²) >= 11 is 0. The second-order valence-corrected chi connectivity index (χ2v) is 10.7. The summed E-state index contributed by atoms with van der Waals surface area (Å²) in [6.45, 7) is 5.51. The number of nitrogens with zero attached hydrogens (tertiary/aromatic N) is 2. The monoisotopic (exact) mass is 600 g/mol. The van der Waals surface area contributed by atoms with Crippen molar-refractivity contribution >= 4 is 17.7 Å². The molecule has 2 aromatic carbocycles. The smallest absolute Gasteiger partial charge is 0.258 e. The van der Waals surface area contributed by atoms with E-state index < -0.39 is 11.9 Å². The highest BCUT2D eigenvalue weighted by atomic mass is 19.1. The van der Waals surface area contributed by atoms with E-state index in [1.54, 1.807) is 43.1 Å². The number of carbonyl (C=O) groups excluding carboxylic acids is 3. The van der Waals surface area contributed by atoms with Crippen LogP contribution >= 0.6 is 0 Å². The van der Waals surface area contributed by atoms with Crippen LogP contribution in [0.5, 0.6) is 17.2 Å². The maximum Gasteiger partial charge on any atom is 0.258 e. The average Bonchev–Trinajstić information content (AvgIpc) is 3.00. The van der Waals surface area contributed by atoms with Crippen LogP contribution in [0.15, 0.2) is 42.5 Å². The second-order valence-electron chi connectivity index (χ2n) is 10.7. The van der Waals surface area contributed by atoms with Gasteiger partial charge < -0.3 is 34.6 Å². The maximum atomic E-state index is 13.1. The molecule has 1 atom stereocenters. The van der Waals surface area contributed by atoms with Crippen LogP contribution in [0.2, 0.25) is 0 Å². The van der Waals surface area contributed by atoms with E-state index in [1.165, 1.54) is 19.2 Å². The molecule has 2 aromatic rings. The number of aryl methyl sites for hydroxylation is 1. The average molecular weight is 601 g/mol. The van der Waals surface area contributed by atoms with Crippen LogP contribution in [0, 0.1) is 5.82 Å². The summed E-state index contributed by atoms with van der Waals surface area (Å²) in [5.74, 6) is 0.612. The van der Waals surface area contributed by atoms with Gasteiger partial charge in [-0.2, -0.15) is 0 Å². The van der Waals surface area contributed by atoms with E-state index in [0.717, 1.165) is 50.9 Å². The Balaban J connectivity index is 1.59. The molecule has 0 spiro atoms. The highest BCUT2D eigenvalue weighted by Crippen LogP contribution is 2.28. The Hall–Kier alpha value is -3.86. The summed E-state index contributed by atoms with van der Waals surface area (Å²) in [7, 11) is 3.26. The van der Waals surface area contributed by atoms with E-state index in [-0.39, 0.29) is 24.2 Å². The number of carbonyl (C=O) groups is 3. The zero-order chi connectivity index (χ0) is 31.0. The Labute approximate surface area is 253 Å². The highest BCUT2D eigenvalue weighted by molar-refractivity contribution is 5.87. The summed E-state index contributed by atoms with van der Waals surface area (Å²) in [5, 5.41) is 5.72. The van der Waals surface area contributed by atoms with Gasteiger partial charge in [-0.3, -0.25) is 14.4 Å². The third-order valence-electron chi connectivity index (χ3n) is 7.24. The van der Waals surface area contributed by atoms with E-state index in [2.05, 4.69) is 15.5 Å². The first kappa shape index (κ1) is 33.6. The molecule has 3 rings (SSSR count). The lowest BCUT2D eigenvalue weighted by atomic mass is 10.1. The zero-order valence-corrected chi connectivity index (χ0v) is 25.5. The van der Waals surface area contributed by atoms with Crippen LogP contribution in [0.4, 0.5) is 4.39 Å². The van der Waals surface area contributed by atoms with Gasteiger partial charge in [0.1, 0.15) is 17.6 Å². The number of halogens is 1. The number of nitrogens with one attached hydrogen (secondary N) is 2. The number of benzene rings is 2. The Morgan fingerprint density at radius 1 is 0.977 bits per heavy atom. The van der Waals surface area contributed by atoms with Gasteiger partial charge in [-0.05, 0) is 94.1 Å². The first-order valence-corrected chi connectivity index (χ1v) is 15.0. The minimum atomic E-state index is -0.691. The molecule has 0 fully saturated rings. The van der Waals surface area contributed by atoms with Crippen molar-refractivity contribution in [3.63, 3.8) is 0 Å². The summed E-state index contributed by atoms with van der Waals surface area (Å²) in [5.41, 5.74) is 0.882. The molecule has 1 aliphatic heterocycles. The number of amides is 3. The first-order chi connectivity index (χ1) is 20.7. The van der Waals surface area contributed by atoms with Crippen molar-refractivity contribution in [2.24, 2.45) is 0 Å². The van der Waals surface area contributed by atoms with Crippen LogP contribution in [0.1, 0.15) is 44.6 Å². The van der Waals surface area contributed by atoms with Crippen molar-refractivity contribution < 1.29 is 33.0 Å². The molecule has 2 bridgehead atoms. The van der Waals surface area contributed by atoms with Crippen LogP contribution in [0.3, 0.4) is 0 Å². The van der Waals surface area contributed by atoms with Gasteiger partial charge in [0.15, 0.2) is 18.1 Å². The summed E-state index contributed by atoms with van der Waals surface area (Å²) in [6.07, 6.45) is 4.13. The fourth-order valence-electron chi connectivity index (χ4n) is 4.82. The fourth-order valence-corrected chi connectivity index (χ4v) is 4.82. The van der Waals surface area contributed by atoms with Gasteiger partial charge in [-0.1, -0.05) is 6.07 Å². The summed E-state index contributed by atoms with van der Waals surface area (Å²) < 4.78 is 30.0. The van der Waals surface area contributed by atoms with Gasteiger partial charge in [0.2, 0.25) is 11.8 Å². The Morgan fingerprint density at radius 3 is 2.49 bits per heavy atom. The van der Waals surface area contributed by atoms with Crippen LogP contribution in [-0.4, -0.2) is 93.7 Å². The van der Waals surface area contributed by atoms with Crippen molar-refractivity contribution in [1.29, 1.82) is 0 Å². The van der Waals surface area contributed by atoms with Gasteiger partial charge in [-0.25, -0.2) is 4.39 Å². The van der Waals surface area contributed by atoms with Gasteiger partial charge in [-0.15, -0.1) is 0 Å². The molecule has 10 nitrogen and oxygen atoms in total. The molecule has 0 saturated carbocycles. The molecule has 2 N–H and O–H groups in total. The Bertz CT molecular complexity index is 1180. The van der Waals surface area contributed by atoms with Crippen molar-refractivity contribution in [1.82, 2.24) is 20.4 Å². The van der Waals surface area contributed by atoms with Crippen molar-refractivity contribution in [3.8, 4) is 17.2 Å². The molecule has 1 heterocycles. The summed E-state index contributed by atoms with van der Waals surface area (Å²) in [4.78, 5) is 41.9. The predicted molar refractivity (Wildman–Crippen MR) is 162 cm³/mol. The fraction of sp³-hybridized carbons (Fsp3) is 0.531. The quantitative estimate of drug-likeness (QED) is 0.491. The van der Waals surface area contributed by atoms with Gasteiger partial charge in [0.25, 0.3) is 5.91 Å². The number of rotatable bonds is 6. The first-order valence-electron chi connectivity index (χ1n) is 15.0. The van der Waals surface area contributed by atoms with E-state index in [4.69, 9.17) is 14.2 Å². The zero-order valence-electron chi connectivity index (χ0n) is 25.5. The third-order valence-corrected chi connectivity index (χ3v) is 7.24. The molecule has 3 amide bonds. The molecule has 1 aliphatic rings.